The van der Waals surface area contributed by atoms with Crippen LogP contribution < -0.4 is 0 Å². The minimum Gasteiger partial charge on any atom is -0.344 e. The smallest absolute Gasteiger partial charge is 0.0403 e. The molecule has 0 aromatic rings. The van der Waals surface area contributed by atoms with E-state index in [0.29, 0.717) is 0 Å². The number of hydrogen-bond donors (Lipinski definition) is 0. The summed E-state index contributed by atoms with van der Waals surface area (Å²) in [6, 6.07) is 0. The molecule has 1 aliphatic rings. The van der Waals surface area contributed by atoms with Crippen molar-refractivity contribution in [1.29, 1.82) is 0 Å². The van der Waals surface area contributed by atoms with Gasteiger partial charge in [-0.3, -0.25) is 0 Å². The van der Waals surface area contributed by atoms with Crippen LogP contribution in [0.25, 0.3) is 0 Å². The minimum atomic E-state index is 0.828. The van der Waals surface area contributed by atoms with Gasteiger partial charge >= 0.3 is 0 Å². The molecule has 0 spiro atoms. The lowest BCUT2D eigenvalue weighted by atomic mass is 10.1. The summed E-state index contributed by atoms with van der Waals surface area (Å²) < 4.78 is 0. The molecule has 1 heteroatoms. The SMILES string of the molecule is C=CC=CC=CN(CC=C)C1=CCCC=C1. The van der Waals surface area contributed by atoms with E-state index in [1.807, 2.05) is 24.3 Å². The van der Waals surface area contributed by atoms with Gasteiger partial charge in [-0.15, -0.1) is 6.58 Å². The predicted molar refractivity (Wildman–Crippen MR) is 71.8 cm³/mol. The minimum absolute atomic E-state index is 0.828. The summed E-state index contributed by atoms with van der Waals surface area (Å²) in [5, 5.41) is 0. The van der Waals surface area contributed by atoms with Crippen LogP contribution >= 0.6 is 0 Å². The summed E-state index contributed by atoms with van der Waals surface area (Å²) in [6.45, 7) is 8.24. The van der Waals surface area contributed by atoms with E-state index in [2.05, 4.69) is 42.5 Å². The lowest BCUT2D eigenvalue weighted by Gasteiger charge is -2.21. The van der Waals surface area contributed by atoms with Crippen molar-refractivity contribution >= 4 is 0 Å². The molecule has 0 unspecified atom stereocenters. The van der Waals surface area contributed by atoms with Crippen LogP contribution in [0.15, 0.2) is 73.7 Å². The molecule has 0 bridgehead atoms. The highest BCUT2D eigenvalue weighted by Gasteiger charge is 2.03. The Kier molecular flexibility index (Phi) is 5.79. The first kappa shape index (κ1) is 12.3. The van der Waals surface area contributed by atoms with Crippen LogP contribution in [0.3, 0.4) is 0 Å². The molecule has 16 heavy (non-hydrogen) atoms. The maximum absolute atomic E-state index is 3.78. The maximum atomic E-state index is 3.78. The zero-order valence-corrected chi connectivity index (χ0v) is 9.68. The lowest BCUT2D eigenvalue weighted by molar-refractivity contribution is 0.528. The third kappa shape index (κ3) is 4.18. The fourth-order valence-corrected chi connectivity index (χ4v) is 1.50. The van der Waals surface area contributed by atoms with Crippen LogP contribution in [-0.4, -0.2) is 11.4 Å². The van der Waals surface area contributed by atoms with Crippen LogP contribution in [0.2, 0.25) is 0 Å². The van der Waals surface area contributed by atoms with Crippen molar-refractivity contribution in [3.8, 4) is 0 Å². The van der Waals surface area contributed by atoms with Crippen molar-refractivity contribution < 1.29 is 0 Å². The molecule has 0 radical (unpaired) electrons. The Morgan fingerprint density at radius 3 is 2.69 bits per heavy atom. The Bertz CT molecular complexity index is 342. The molecule has 0 saturated carbocycles. The van der Waals surface area contributed by atoms with Gasteiger partial charge in [-0.1, -0.05) is 43.0 Å². The van der Waals surface area contributed by atoms with Gasteiger partial charge in [-0.25, -0.2) is 0 Å². The van der Waals surface area contributed by atoms with Crippen molar-refractivity contribution in [2.24, 2.45) is 0 Å². The molecule has 0 fully saturated rings. The average molecular weight is 213 g/mol. The number of allylic oxidation sites excluding steroid dienone is 7. The van der Waals surface area contributed by atoms with Crippen LogP contribution in [0, 0.1) is 0 Å². The summed E-state index contributed by atoms with van der Waals surface area (Å²) in [5.41, 5.74) is 1.24. The van der Waals surface area contributed by atoms with E-state index in [1.54, 1.807) is 6.08 Å². The van der Waals surface area contributed by atoms with E-state index in [0.717, 1.165) is 19.4 Å². The quantitative estimate of drug-likeness (QED) is 0.477. The van der Waals surface area contributed by atoms with E-state index < -0.39 is 0 Å². The first-order valence-electron chi connectivity index (χ1n) is 5.58. The first-order chi connectivity index (χ1) is 7.88. The van der Waals surface area contributed by atoms with Gasteiger partial charge in [-0.05, 0) is 25.0 Å². The highest BCUT2D eigenvalue weighted by Crippen LogP contribution is 2.14. The highest BCUT2D eigenvalue weighted by atomic mass is 15.1. The van der Waals surface area contributed by atoms with Crippen LogP contribution in [-0.2, 0) is 0 Å². The molecule has 0 saturated heterocycles. The Morgan fingerprint density at radius 2 is 2.06 bits per heavy atom. The van der Waals surface area contributed by atoms with Crippen molar-refractivity contribution in [3.63, 3.8) is 0 Å². The van der Waals surface area contributed by atoms with Crippen molar-refractivity contribution in [1.82, 2.24) is 4.90 Å². The van der Waals surface area contributed by atoms with E-state index in [9.17, 15) is 0 Å². The Morgan fingerprint density at radius 1 is 1.19 bits per heavy atom. The van der Waals surface area contributed by atoms with Gasteiger partial charge in [0.05, 0.1) is 0 Å². The van der Waals surface area contributed by atoms with Crippen LogP contribution in [0.4, 0.5) is 0 Å². The van der Waals surface area contributed by atoms with Crippen LogP contribution in [0.1, 0.15) is 12.8 Å². The molecule has 1 aliphatic carbocycles. The molecule has 1 nitrogen and oxygen atoms in total. The van der Waals surface area contributed by atoms with Crippen molar-refractivity contribution in [3.05, 3.63) is 73.7 Å². The molecule has 0 atom stereocenters. The van der Waals surface area contributed by atoms with Crippen LogP contribution in [0.5, 0.6) is 0 Å². The van der Waals surface area contributed by atoms with E-state index >= 15 is 0 Å². The number of rotatable bonds is 6. The largest absolute Gasteiger partial charge is 0.344 e. The summed E-state index contributed by atoms with van der Waals surface area (Å²) in [5.74, 6) is 0. The molecule has 0 aromatic carbocycles. The predicted octanol–water partition coefficient (Wildman–Crippen LogP) is 3.96. The molecule has 0 N–H and O–H groups in total. The van der Waals surface area contributed by atoms with Crippen molar-refractivity contribution in [2.45, 2.75) is 12.8 Å². The third-order valence-electron chi connectivity index (χ3n) is 2.26. The molecular formula is C15H19N. The van der Waals surface area contributed by atoms with E-state index in [4.69, 9.17) is 0 Å². The van der Waals surface area contributed by atoms with Gasteiger partial charge in [0.25, 0.3) is 0 Å². The molecule has 84 valence electrons. The molecule has 1 rings (SSSR count). The first-order valence-corrected chi connectivity index (χ1v) is 5.58. The zero-order chi connectivity index (χ0) is 11.6. The number of nitrogens with zero attached hydrogens (tertiary/aromatic N) is 1. The van der Waals surface area contributed by atoms with E-state index in [-0.39, 0.29) is 0 Å². The normalized spacial score (nSPS) is 15.4. The average Bonchev–Trinajstić information content (AvgIpc) is 2.34. The second kappa shape index (κ2) is 7.52. The Hall–Kier alpha value is -1.76. The van der Waals surface area contributed by atoms with Gasteiger partial charge in [0.1, 0.15) is 0 Å². The fourth-order valence-electron chi connectivity index (χ4n) is 1.50. The Balaban J connectivity index is 2.66. The highest BCUT2D eigenvalue weighted by molar-refractivity contribution is 5.24. The second-order valence-corrected chi connectivity index (χ2v) is 3.51. The summed E-state index contributed by atoms with van der Waals surface area (Å²) >= 11 is 0. The maximum Gasteiger partial charge on any atom is 0.0403 e. The molecule has 0 aromatic heterocycles. The monoisotopic (exact) mass is 213 g/mol. The zero-order valence-electron chi connectivity index (χ0n) is 9.68. The third-order valence-corrected chi connectivity index (χ3v) is 2.26. The standard InChI is InChI=1S/C15H19N/c1-3-5-6-10-14-16(13-4-2)15-11-8-7-9-12-15/h3-6,8,10-12,14H,1-2,7,9,13H2. The Labute approximate surface area is 98.5 Å². The fraction of sp³-hybridized carbons (Fsp3) is 0.200. The van der Waals surface area contributed by atoms with Gasteiger partial charge < -0.3 is 4.90 Å². The number of hydrogen-bond acceptors (Lipinski definition) is 1. The van der Waals surface area contributed by atoms with Gasteiger partial charge in [0.15, 0.2) is 0 Å². The van der Waals surface area contributed by atoms with Gasteiger partial charge in [0.2, 0.25) is 0 Å². The van der Waals surface area contributed by atoms with Crippen molar-refractivity contribution in [2.75, 3.05) is 6.54 Å². The topological polar surface area (TPSA) is 3.24 Å². The molecule has 0 heterocycles. The molecule has 0 amide bonds. The van der Waals surface area contributed by atoms with Gasteiger partial charge in [0, 0.05) is 18.4 Å². The summed E-state index contributed by atoms with van der Waals surface area (Å²) in [7, 11) is 0. The van der Waals surface area contributed by atoms with Gasteiger partial charge in [-0.2, -0.15) is 0 Å². The lowest BCUT2D eigenvalue weighted by Crippen LogP contribution is -2.16. The molecular weight excluding hydrogens is 194 g/mol. The summed E-state index contributed by atoms with van der Waals surface area (Å²) in [6.07, 6.45) is 20.5. The second-order valence-electron chi connectivity index (χ2n) is 3.51. The molecule has 0 aliphatic heterocycles. The summed E-state index contributed by atoms with van der Waals surface area (Å²) in [4.78, 5) is 2.18. The van der Waals surface area contributed by atoms with E-state index in [1.165, 1.54) is 5.70 Å².